The summed E-state index contributed by atoms with van der Waals surface area (Å²) in [6, 6.07) is 5.81. The standard InChI is InChI=1S/C13H16N2O2/c16-13(17)15-9-6-11(7-10-15)4-5-12-3-1-2-8-14-12/h1-5,8,11H,6-7,9-10H2,(H,16,17). The van der Waals surface area contributed by atoms with E-state index in [2.05, 4.69) is 11.1 Å². The van der Waals surface area contributed by atoms with Crippen molar-refractivity contribution in [1.29, 1.82) is 0 Å². The highest BCUT2D eigenvalue weighted by Crippen LogP contribution is 2.19. The highest BCUT2D eigenvalue weighted by Gasteiger charge is 2.20. The predicted octanol–water partition coefficient (Wildman–Crippen LogP) is 2.48. The fraction of sp³-hybridized carbons (Fsp3) is 0.385. The second-order valence-corrected chi connectivity index (χ2v) is 4.22. The maximum absolute atomic E-state index is 10.7. The first-order valence-electron chi connectivity index (χ1n) is 5.83. The molecule has 1 saturated heterocycles. The Morgan fingerprint density at radius 3 is 2.76 bits per heavy atom. The number of likely N-dealkylation sites (tertiary alicyclic amines) is 1. The van der Waals surface area contributed by atoms with Gasteiger partial charge in [-0.3, -0.25) is 4.98 Å². The molecule has 90 valence electrons. The van der Waals surface area contributed by atoms with Crippen LogP contribution in [0.2, 0.25) is 0 Å². The quantitative estimate of drug-likeness (QED) is 0.852. The minimum absolute atomic E-state index is 0.465. The Hall–Kier alpha value is -1.84. The van der Waals surface area contributed by atoms with Crippen LogP contribution in [-0.2, 0) is 0 Å². The Morgan fingerprint density at radius 1 is 1.41 bits per heavy atom. The van der Waals surface area contributed by atoms with Crippen molar-refractivity contribution in [2.24, 2.45) is 5.92 Å². The highest BCUT2D eigenvalue weighted by atomic mass is 16.4. The summed E-state index contributed by atoms with van der Waals surface area (Å²) in [5, 5.41) is 8.83. The molecule has 1 amide bonds. The molecule has 1 fully saturated rings. The lowest BCUT2D eigenvalue weighted by molar-refractivity contribution is 0.129. The van der Waals surface area contributed by atoms with E-state index in [0.29, 0.717) is 19.0 Å². The second kappa shape index (κ2) is 5.48. The molecule has 1 aromatic rings. The number of hydrogen-bond acceptors (Lipinski definition) is 2. The molecule has 1 aliphatic heterocycles. The zero-order valence-corrected chi connectivity index (χ0v) is 9.62. The van der Waals surface area contributed by atoms with Crippen LogP contribution < -0.4 is 0 Å². The molecule has 2 heterocycles. The Morgan fingerprint density at radius 2 is 2.18 bits per heavy atom. The van der Waals surface area contributed by atoms with Crippen molar-refractivity contribution in [3.05, 3.63) is 36.2 Å². The zero-order chi connectivity index (χ0) is 12.1. The Kier molecular flexibility index (Phi) is 3.75. The lowest BCUT2D eigenvalue weighted by Gasteiger charge is -2.28. The number of carboxylic acid groups (broad SMARTS) is 1. The van der Waals surface area contributed by atoms with Crippen molar-refractivity contribution in [2.45, 2.75) is 12.8 Å². The second-order valence-electron chi connectivity index (χ2n) is 4.22. The van der Waals surface area contributed by atoms with Gasteiger partial charge in [-0.2, -0.15) is 0 Å². The van der Waals surface area contributed by atoms with Crippen LogP contribution in [0.1, 0.15) is 18.5 Å². The van der Waals surface area contributed by atoms with Crippen LogP contribution in [0.25, 0.3) is 6.08 Å². The summed E-state index contributed by atoms with van der Waals surface area (Å²) < 4.78 is 0. The van der Waals surface area contributed by atoms with Gasteiger partial charge in [0.2, 0.25) is 0 Å². The number of allylic oxidation sites excluding steroid dienone is 1. The van der Waals surface area contributed by atoms with Gasteiger partial charge in [0.15, 0.2) is 0 Å². The van der Waals surface area contributed by atoms with Gasteiger partial charge >= 0.3 is 6.09 Å². The Labute approximate surface area is 101 Å². The van der Waals surface area contributed by atoms with Crippen LogP contribution >= 0.6 is 0 Å². The average Bonchev–Trinajstić information content (AvgIpc) is 2.38. The van der Waals surface area contributed by atoms with E-state index < -0.39 is 6.09 Å². The number of aromatic nitrogens is 1. The third-order valence-corrected chi connectivity index (χ3v) is 3.04. The summed E-state index contributed by atoms with van der Waals surface area (Å²) in [6.07, 6.45) is 6.91. The minimum Gasteiger partial charge on any atom is -0.465 e. The van der Waals surface area contributed by atoms with E-state index in [9.17, 15) is 4.79 Å². The SMILES string of the molecule is O=C(O)N1CCC(C=Cc2ccccn2)CC1. The largest absolute Gasteiger partial charge is 0.465 e. The predicted molar refractivity (Wildman–Crippen MR) is 65.6 cm³/mol. The third-order valence-electron chi connectivity index (χ3n) is 3.04. The fourth-order valence-electron chi connectivity index (χ4n) is 1.99. The molecule has 0 bridgehead atoms. The maximum Gasteiger partial charge on any atom is 0.407 e. The smallest absolute Gasteiger partial charge is 0.407 e. The van der Waals surface area contributed by atoms with Gasteiger partial charge < -0.3 is 10.0 Å². The van der Waals surface area contributed by atoms with Gasteiger partial charge in [-0.05, 0) is 37.0 Å². The van der Waals surface area contributed by atoms with Crippen LogP contribution in [0.4, 0.5) is 4.79 Å². The molecule has 0 radical (unpaired) electrons. The molecule has 0 atom stereocenters. The summed E-state index contributed by atoms with van der Waals surface area (Å²) >= 11 is 0. The molecule has 4 heteroatoms. The molecule has 1 N–H and O–H groups in total. The number of amides is 1. The molecule has 0 spiro atoms. The van der Waals surface area contributed by atoms with Crippen molar-refractivity contribution < 1.29 is 9.90 Å². The van der Waals surface area contributed by atoms with E-state index in [0.717, 1.165) is 18.5 Å². The van der Waals surface area contributed by atoms with Crippen LogP contribution in [0, 0.1) is 5.92 Å². The topological polar surface area (TPSA) is 53.4 Å². The lowest BCUT2D eigenvalue weighted by Crippen LogP contribution is -2.36. The van der Waals surface area contributed by atoms with Gasteiger partial charge in [0.25, 0.3) is 0 Å². The molecule has 0 unspecified atom stereocenters. The molecule has 17 heavy (non-hydrogen) atoms. The molecular weight excluding hydrogens is 216 g/mol. The average molecular weight is 232 g/mol. The van der Waals surface area contributed by atoms with Gasteiger partial charge in [-0.25, -0.2) is 4.79 Å². The number of nitrogens with zero attached hydrogens (tertiary/aromatic N) is 2. The van der Waals surface area contributed by atoms with Crippen LogP contribution in [0.15, 0.2) is 30.5 Å². The van der Waals surface area contributed by atoms with Gasteiger partial charge in [-0.1, -0.05) is 12.1 Å². The first kappa shape index (κ1) is 11.6. The summed E-state index contributed by atoms with van der Waals surface area (Å²) in [5.74, 6) is 0.465. The molecule has 2 rings (SSSR count). The van der Waals surface area contributed by atoms with Gasteiger partial charge in [0.1, 0.15) is 0 Å². The van der Waals surface area contributed by atoms with E-state index >= 15 is 0 Å². The minimum atomic E-state index is -0.808. The first-order valence-corrected chi connectivity index (χ1v) is 5.83. The van der Waals surface area contributed by atoms with Crippen molar-refractivity contribution in [2.75, 3.05) is 13.1 Å². The molecule has 1 aromatic heterocycles. The van der Waals surface area contributed by atoms with Gasteiger partial charge in [-0.15, -0.1) is 0 Å². The van der Waals surface area contributed by atoms with Crippen LogP contribution in [0.5, 0.6) is 0 Å². The molecule has 0 aliphatic carbocycles. The normalized spacial score (nSPS) is 17.5. The van der Waals surface area contributed by atoms with Crippen molar-refractivity contribution >= 4 is 12.2 Å². The Bertz CT molecular complexity index is 395. The molecular formula is C13H16N2O2. The molecule has 0 saturated carbocycles. The van der Waals surface area contributed by atoms with Crippen LogP contribution in [-0.4, -0.2) is 34.2 Å². The number of piperidine rings is 1. The van der Waals surface area contributed by atoms with Crippen LogP contribution in [0.3, 0.4) is 0 Å². The molecule has 4 nitrogen and oxygen atoms in total. The van der Waals surface area contributed by atoms with E-state index in [1.54, 1.807) is 6.20 Å². The van der Waals surface area contributed by atoms with Crippen molar-refractivity contribution in [3.8, 4) is 0 Å². The summed E-state index contributed by atoms with van der Waals surface area (Å²) in [7, 11) is 0. The summed E-state index contributed by atoms with van der Waals surface area (Å²) in [4.78, 5) is 16.4. The van der Waals surface area contributed by atoms with E-state index in [1.165, 1.54) is 4.90 Å². The first-order chi connectivity index (χ1) is 8.25. The lowest BCUT2D eigenvalue weighted by atomic mass is 9.96. The zero-order valence-electron chi connectivity index (χ0n) is 9.62. The van der Waals surface area contributed by atoms with Crippen molar-refractivity contribution in [3.63, 3.8) is 0 Å². The van der Waals surface area contributed by atoms with E-state index in [-0.39, 0.29) is 0 Å². The molecule has 1 aliphatic rings. The number of pyridine rings is 1. The van der Waals surface area contributed by atoms with Crippen molar-refractivity contribution in [1.82, 2.24) is 9.88 Å². The summed E-state index contributed by atoms with van der Waals surface area (Å²) in [5.41, 5.74) is 0.952. The Balaban J connectivity index is 1.86. The van der Waals surface area contributed by atoms with Gasteiger partial charge in [0, 0.05) is 19.3 Å². The monoisotopic (exact) mass is 232 g/mol. The van der Waals surface area contributed by atoms with E-state index in [4.69, 9.17) is 5.11 Å². The van der Waals surface area contributed by atoms with E-state index in [1.807, 2.05) is 24.3 Å². The van der Waals surface area contributed by atoms with Gasteiger partial charge in [0.05, 0.1) is 5.69 Å². The third kappa shape index (κ3) is 3.31. The molecule has 0 aromatic carbocycles. The maximum atomic E-state index is 10.7. The number of hydrogen-bond donors (Lipinski definition) is 1. The highest BCUT2D eigenvalue weighted by molar-refractivity contribution is 5.65. The fourth-order valence-corrected chi connectivity index (χ4v) is 1.99. The summed E-state index contributed by atoms with van der Waals surface area (Å²) in [6.45, 7) is 1.26. The number of carbonyl (C=O) groups is 1. The number of rotatable bonds is 2.